The van der Waals surface area contributed by atoms with E-state index >= 15 is 0 Å². The molecule has 4 rings (SSSR count). The summed E-state index contributed by atoms with van der Waals surface area (Å²) in [5, 5.41) is 0. The quantitative estimate of drug-likeness (QED) is 0.454. The summed E-state index contributed by atoms with van der Waals surface area (Å²) >= 11 is 3.63. The van der Waals surface area contributed by atoms with E-state index in [0.717, 1.165) is 33.5 Å². The maximum atomic E-state index is 13.0. The molecule has 0 aliphatic heterocycles. The molecule has 0 N–H and O–H groups in total. The molecule has 1 aliphatic rings. The molecule has 0 atom stereocenters. The van der Waals surface area contributed by atoms with Gasteiger partial charge in [-0.25, -0.2) is 4.39 Å². The lowest BCUT2D eigenvalue weighted by Crippen LogP contribution is -1.82. The van der Waals surface area contributed by atoms with Gasteiger partial charge >= 0.3 is 0 Å². The molecule has 1 aliphatic carbocycles. The van der Waals surface area contributed by atoms with E-state index in [2.05, 4.69) is 28.1 Å². The minimum Gasteiger partial charge on any atom is -0.455 e. The van der Waals surface area contributed by atoms with Gasteiger partial charge in [0.25, 0.3) is 0 Å². The van der Waals surface area contributed by atoms with E-state index < -0.39 is 0 Å². The summed E-state index contributed by atoms with van der Waals surface area (Å²) in [6.45, 7) is 0. The summed E-state index contributed by atoms with van der Waals surface area (Å²) in [6.07, 6.45) is 0.872. The van der Waals surface area contributed by atoms with Crippen LogP contribution in [0.5, 0.6) is 0 Å². The van der Waals surface area contributed by atoms with Crippen molar-refractivity contribution in [3.05, 3.63) is 69.9 Å². The Kier molecular flexibility index (Phi) is 2.57. The van der Waals surface area contributed by atoms with Crippen LogP contribution in [0.2, 0.25) is 0 Å². The fraction of sp³-hybridized carbons (Fsp3) is 0.0588. The highest BCUT2D eigenvalue weighted by molar-refractivity contribution is 9.10. The number of halogens is 2. The molecule has 1 aromatic heterocycles. The molecule has 0 spiro atoms. The summed E-state index contributed by atoms with van der Waals surface area (Å²) in [5.74, 6) is 1.45. The van der Waals surface area contributed by atoms with E-state index in [-0.39, 0.29) is 5.82 Å². The molecular formula is C17H10BrFO. The third-order valence-electron chi connectivity index (χ3n) is 3.68. The van der Waals surface area contributed by atoms with Crippen molar-refractivity contribution < 1.29 is 8.81 Å². The highest BCUT2D eigenvalue weighted by Gasteiger charge is 2.27. The number of hydrogen-bond donors (Lipinski definition) is 0. The Bertz CT molecular complexity index is 802. The van der Waals surface area contributed by atoms with Gasteiger partial charge in [-0.3, -0.25) is 0 Å². The van der Waals surface area contributed by atoms with Gasteiger partial charge in [-0.05, 0) is 45.8 Å². The van der Waals surface area contributed by atoms with E-state index in [1.165, 1.54) is 23.3 Å². The second kappa shape index (κ2) is 4.32. The summed E-state index contributed by atoms with van der Waals surface area (Å²) < 4.78 is 20.0. The number of rotatable bonds is 1. The predicted molar refractivity (Wildman–Crippen MR) is 80.0 cm³/mol. The summed E-state index contributed by atoms with van der Waals surface area (Å²) in [6, 6.07) is 14.6. The summed E-state index contributed by atoms with van der Waals surface area (Å²) in [5.41, 5.74) is 4.49. The number of furan rings is 1. The molecule has 0 saturated carbocycles. The maximum Gasteiger partial charge on any atom is 0.149 e. The minimum atomic E-state index is -0.241. The normalized spacial score (nSPS) is 12.3. The van der Waals surface area contributed by atoms with E-state index in [9.17, 15) is 4.39 Å². The van der Waals surface area contributed by atoms with Gasteiger partial charge in [-0.1, -0.05) is 24.3 Å². The van der Waals surface area contributed by atoms with Gasteiger partial charge < -0.3 is 4.42 Å². The molecule has 3 aromatic rings. The zero-order chi connectivity index (χ0) is 13.7. The average molecular weight is 329 g/mol. The van der Waals surface area contributed by atoms with Crippen LogP contribution >= 0.6 is 15.9 Å². The number of hydrogen-bond acceptors (Lipinski definition) is 1. The van der Waals surface area contributed by atoms with Crippen molar-refractivity contribution in [2.75, 3.05) is 0 Å². The number of fused-ring (bicyclic) bond motifs is 3. The fourth-order valence-electron chi connectivity index (χ4n) is 2.69. The van der Waals surface area contributed by atoms with Gasteiger partial charge in [-0.15, -0.1) is 0 Å². The van der Waals surface area contributed by atoms with E-state index in [1.54, 1.807) is 12.1 Å². The van der Waals surface area contributed by atoms with Crippen molar-refractivity contribution in [1.29, 1.82) is 0 Å². The van der Waals surface area contributed by atoms with E-state index in [1.807, 2.05) is 12.1 Å². The first kappa shape index (κ1) is 11.9. The van der Waals surface area contributed by atoms with Crippen LogP contribution in [0, 0.1) is 5.82 Å². The third-order valence-corrected chi connectivity index (χ3v) is 4.52. The molecular weight excluding hydrogens is 319 g/mol. The van der Waals surface area contributed by atoms with Crippen molar-refractivity contribution in [1.82, 2.24) is 0 Å². The van der Waals surface area contributed by atoms with Crippen LogP contribution < -0.4 is 0 Å². The van der Waals surface area contributed by atoms with Crippen molar-refractivity contribution in [3.8, 4) is 22.6 Å². The van der Waals surface area contributed by atoms with Gasteiger partial charge in [0.1, 0.15) is 17.3 Å². The first-order valence-corrected chi connectivity index (χ1v) is 7.19. The Morgan fingerprint density at radius 1 is 0.950 bits per heavy atom. The first-order chi connectivity index (χ1) is 9.74. The van der Waals surface area contributed by atoms with Crippen LogP contribution in [0.15, 0.2) is 57.4 Å². The zero-order valence-electron chi connectivity index (χ0n) is 10.5. The molecule has 0 amide bonds. The maximum absolute atomic E-state index is 13.0. The van der Waals surface area contributed by atoms with E-state index in [4.69, 9.17) is 4.42 Å². The van der Waals surface area contributed by atoms with Gasteiger partial charge in [0.2, 0.25) is 0 Å². The van der Waals surface area contributed by atoms with Crippen LogP contribution in [0.4, 0.5) is 4.39 Å². The average Bonchev–Trinajstić information content (AvgIpc) is 2.98. The standard InChI is InChI=1S/C17H10BrFO/c18-15-14-9-11-3-1-2-4-13(11)17(14)20-16(15)10-5-7-12(19)8-6-10/h1-8H,9H2. The van der Waals surface area contributed by atoms with Crippen molar-refractivity contribution in [2.24, 2.45) is 0 Å². The Labute approximate surface area is 124 Å². The molecule has 20 heavy (non-hydrogen) atoms. The molecule has 0 bridgehead atoms. The van der Waals surface area contributed by atoms with Crippen molar-refractivity contribution in [3.63, 3.8) is 0 Å². The minimum absolute atomic E-state index is 0.241. The SMILES string of the molecule is Fc1ccc(-c2oc3c(c2Br)Cc2ccccc2-3)cc1. The number of benzene rings is 2. The molecule has 0 unspecified atom stereocenters. The molecule has 1 heterocycles. The van der Waals surface area contributed by atoms with Crippen molar-refractivity contribution in [2.45, 2.75) is 6.42 Å². The Morgan fingerprint density at radius 3 is 2.50 bits per heavy atom. The summed E-state index contributed by atoms with van der Waals surface area (Å²) in [4.78, 5) is 0. The lowest BCUT2D eigenvalue weighted by Gasteiger charge is -2.01. The lowest BCUT2D eigenvalue weighted by molar-refractivity contribution is 0.595. The highest BCUT2D eigenvalue weighted by Crippen LogP contribution is 2.46. The topological polar surface area (TPSA) is 13.1 Å². The van der Waals surface area contributed by atoms with Crippen LogP contribution in [0.3, 0.4) is 0 Å². The molecule has 0 fully saturated rings. The molecule has 2 aromatic carbocycles. The highest BCUT2D eigenvalue weighted by atomic mass is 79.9. The monoisotopic (exact) mass is 328 g/mol. The van der Waals surface area contributed by atoms with Crippen molar-refractivity contribution >= 4 is 15.9 Å². The van der Waals surface area contributed by atoms with Crippen LogP contribution in [0.1, 0.15) is 11.1 Å². The van der Waals surface area contributed by atoms with Crippen LogP contribution in [-0.4, -0.2) is 0 Å². The van der Waals surface area contributed by atoms with Gasteiger partial charge in [0, 0.05) is 23.1 Å². The van der Waals surface area contributed by atoms with Gasteiger partial charge in [-0.2, -0.15) is 0 Å². The molecule has 0 saturated heterocycles. The second-order valence-corrected chi connectivity index (χ2v) is 5.69. The summed E-state index contributed by atoms with van der Waals surface area (Å²) in [7, 11) is 0. The molecule has 3 heteroatoms. The first-order valence-electron chi connectivity index (χ1n) is 6.39. The molecule has 98 valence electrons. The largest absolute Gasteiger partial charge is 0.455 e. The third kappa shape index (κ3) is 1.66. The smallest absolute Gasteiger partial charge is 0.149 e. The Hall–Kier alpha value is -1.87. The Morgan fingerprint density at radius 2 is 1.70 bits per heavy atom. The van der Waals surface area contributed by atoms with Gasteiger partial charge in [0.05, 0.1) is 4.47 Å². The molecule has 0 radical (unpaired) electrons. The second-order valence-electron chi connectivity index (χ2n) is 4.89. The van der Waals surface area contributed by atoms with Gasteiger partial charge in [0.15, 0.2) is 0 Å². The molecule has 1 nitrogen and oxygen atoms in total. The predicted octanol–water partition coefficient (Wildman–Crippen LogP) is 5.42. The fourth-order valence-corrected chi connectivity index (χ4v) is 3.32. The van der Waals surface area contributed by atoms with Crippen LogP contribution in [-0.2, 0) is 6.42 Å². The Balaban J connectivity index is 1.89. The van der Waals surface area contributed by atoms with Crippen LogP contribution in [0.25, 0.3) is 22.6 Å². The zero-order valence-corrected chi connectivity index (χ0v) is 12.1. The van der Waals surface area contributed by atoms with E-state index in [0.29, 0.717) is 0 Å². The lowest BCUT2D eigenvalue weighted by atomic mass is 10.1.